The van der Waals surface area contributed by atoms with E-state index in [2.05, 4.69) is 5.92 Å². The van der Waals surface area contributed by atoms with Crippen LogP contribution in [0.1, 0.15) is 6.92 Å². The highest BCUT2D eigenvalue weighted by atomic mass is 16.4. The van der Waals surface area contributed by atoms with Crippen LogP contribution in [0, 0.1) is 11.8 Å². The molecular formula is C7H6O4. The standard InChI is InChI=1S/C7H6O4/c1-5(4-7(10)11)2-3-6(8)9/h4H,1H3,(H,8,9)(H,10,11)/b5-4-. The Morgan fingerprint density at radius 3 is 2.18 bits per heavy atom. The Bertz CT molecular complexity index is 264. The van der Waals surface area contributed by atoms with Crippen molar-refractivity contribution in [2.24, 2.45) is 0 Å². The molecule has 0 aliphatic rings. The first-order valence-corrected chi connectivity index (χ1v) is 2.68. The van der Waals surface area contributed by atoms with Gasteiger partial charge < -0.3 is 10.2 Å². The lowest BCUT2D eigenvalue weighted by Gasteiger charge is -1.81. The van der Waals surface area contributed by atoms with Crippen LogP contribution in [-0.2, 0) is 9.59 Å². The summed E-state index contributed by atoms with van der Waals surface area (Å²) < 4.78 is 0. The summed E-state index contributed by atoms with van der Waals surface area (Å²) in [5, 5.41) is 16.2. The van der Waals surface area contributed by atoms with Gasteiger partial charge in [0.05, 0.1) is 0 Å². The van der Waals surface area contributed by atoms with E-state index in [1.807, 2.05) is 0 Å². The lowest BCUT2D eigenvalue weighted by atomic mass is 10.3. The van der Waals surface area contributed by atoms with Crippen LogP contribution in [0.3, 0.4) is 0 Å². The van der Waals surface area contributed by atoms with E-state index in [1.165, 1.54) is 6.92 Å². The topological polar surface area (TPSA) is 74.6 Å². The van der Waals surface area contributed by atoms with Crippen LogP contribution in [-0.4, -0.2) is 22.2 Å². The fourth-order valence-electron chi connectivity index (χ4n) is 0.373. The highest BCUT2D eigenvalue weighted by Gasteiger charge is 1.89. The van der Waals surface area contributed by atoms with Gasteiger partial charge in [0.15, 0.2) is 0 Å². The summed E-state index contributed by atoms with van der Waals surface area (Å²) in [5.41, 5.74) is 0.208. The summed E-state index contributed by atoms with van der Waals surface area (Å²) in [7, 11) is 0. The molecular weight excluding hydrogens is 148 g/mol. The predicted molar refractivity (Wildman–Crippen MR) is 36.8 cm³/mol. The maximum absolute atomic E-state index is 9.96. The van der Waals surface area contributed by atoms with Gasteiger partial charge in [-0.2, -0.15) is 0 Å². The van der Waals surface area contributed by atoms with Crippen LogP contribution < -0.4 is 0 Å². The number of aliphatic carboxylic acids is 2. The molecule has 0 bridgehead atoms. The predicted octanol–water partition coefficient (Wildman–Crippen LogP) is 0.105. The fraction of sp³-hybridized carbons (Fsp3) is 0.143. The number of carboxylic acids is 2. The van der Waals surface area contributed by atoms with Gasteiger partial charge in [-0.25, -0.2) is 9.59 Å². The molecule has 0 aromatic carbocycles. The Morgan fingerprint density at radius 2 is 1.82 bits per heavy atom. The average molecular weight is 154 g/mol. The number of hydrogen-bond acceptors (Lipinski definition) is 2. The zero-order valence-corrected chi connectivity index (χ0v) is 5.79. The molecule has 0 aliphatic heterocycles. The second-order valence-electron chi connectivity index (χ2n) is 1.72. The van der Waals surface area contributed by atoms with Crippen LogP contribution in [0.2, 0.25) is 0 Å². The summed E-state index contributed by atoms with van der Waals surface area (Å²) in [6.07, 6.45) is 0.843. The molecule has 0 spiro atoms. The van der Waals surface area contributed by atoms with Crippen LogP contribution in [0.15, 0.2) is 11.6 Å². The monoisotopic (exact) mass is 154 g/mol. The molecule has 4 nitrogen and oxygen atoms in total. The third kappa shape index (κ3) is 6.12. The van der Waals surface area contributed by atoms with Gasteiger partial charge in [-0.3, -0.25) is 0 Å². The SMILES string of the molecule is C/C(C#CC(=O)O)=C/C(=O)O. The molecule has 0 saturated carbocycles. The molecule has 0 aliphatic carbocycles. The number of carbonyl (C=O) groups is 2. The lowest BCUT2D eigenvalue weighted by molar-refractivity contribution is -0.132. The first-order valence-electron chi connectivity index (χ1n) is 2.68. The Hall–Kier alpha value is -1.76. The van der Waals surface area contributed by atoms with E-state index in [1.54, 1.807) is 5.92 Å². The van der Waals surface area contributed by atoms with E-state index in [-0.39, 0.29) is 5.57 Å². The van der Waals surface area contributed by atoms with Gasteiger partial charge in [0.1, 0.15) is 0 Å². The highest BCUT2D eigenvalue weighted by Crippen LogP contribution is 1.87. The molecule has 0 radical (unpaired) electrons. The van der Waals surface area contributed by atoms with Crippen molar-refractivity contribution < 1.29 is 19.8 Å². The number of carboxylic acid groups (broad SMARTS) is 2. The van der Waals surface area contributed by atoms with E-state index in [4.69, 9.17) is 10.2 Å². The van der Waals surface area contributed by atoms with E-state index in [9.17, 15) is 9.59 Å². The van der Waals surface area contributed by atoms with Gasteiger partial charge in [0, 0.05) is 17.6 Å². The normalized spacial score (nSPS) is 9.73. The summed E-state index contributed by atoms with van der Waals surface area (Å²) in [5.74, 6) is 1.52. The molecule has 2 N–H and O–H groups in total. The smallest absolute Gasteiger partial charge is 0.382 e. The van der Waals surface area contributed by atoms with Gasteiger partial charge >= 0.3 is 11.9 Å². The minimum atomic E-state index is -1.27. The zero-order valence-electron chi connectivity index (χ0n) is 5.79. The summed E-state index contributed by atoms with van der Waals surface area (Å²) in [6, 6.07) is 0. The van der Waals surface area contributed by atoms with E-state index in [0.29, 0.717) is 0 Å². The summed E-state index contributed by atoms with van der Waals surface area (Å²) in [6.45, 7) is 1.42. The first kappa shape index (κ1) is 9.24. The Morgan fingerprint density at radius 1 is 1.27 bits per heavy atom. The second-order valence-corrected chi connectivity index (χ2v) is 1.72. The molecule has 58 valence electrons. The molecule has 0 saturated heterocycles. The third-order valence-corrected chi connectivity index (χ3v) is 0.707. The van der Waals surface area contributed by atoms with E-state index < -0.39 is 11.9 Å². The molecule has 4 heteroatoms. The first-order chi connectivity index (χ1) is 5.02. The fourth-order valence-corrected chi connectivity index (χ4v) is 0.373. The molecule has 0 heterocycles. The summed E-state index contributed by atoms with van der Waals surface area (Å²) in [4.78, 5) is 19.8. The zero-order chi connectivity index (χ0) is 8.85. The maximum Gasteiger partial charge on any atom is 0.382 e. The van der Waals surface area contributed by atoms with Gasteiger partial charge in [-0.1, -0.05) is 5.92 Å². The van der Waals surface area contributed by atoms with Crippen molar-refractivity contribution in [3.8, 4) is 11.8 Å². The molecule has 0 atom stereocenters. The van der Waals surface area contributed by atoms with Crippen LogP contribution in [0.4, 0.5) is 0 Å². The third-order valence-electron chi connectivity index (χ3n) is 0.707. The van der Waals surface area contributed by atoms with Crippen LogP contribution in [0.5, 0.6) is 0 Å². The van der Waals surface area contributed by atoms with Crippen LogP contribution >= 0.6 is 0 Å². The number of rotatable bonds is 1. The van der Waals surface area contributed by atoms with Crippen LogP contribution in [0.25, 0.3) is 0 Å². The average Bonchev–Trinajstić information content (AvgIpc) is 1.82. The Balaban J connectivity index is 4.32. The molecule has 11 heavy (non-hydrogen) atoms. The van der Waals surface area contributed by atoms with Crippen molar-refractivity contribution in [3.05, 3.63) is 11.6 Å². The highest BCUT2D eigenvalue weighted by molar-refractivity contribution is 5.88. The van der Waals surface area contributed by atoms with Gasteiger partial charge in [0.25, 0.3) is 0 Å². The minimum absolute atomic E-state index is 0.208. The molecule has 0 aromatic rings. The van der Waals surface area contributed by atoms with Crippen molar-refractivity contribution in [1.82, 2.24) is 0 Å². The van der Waals surface area contributed by atoms with Crippen molar-refractivity contribution in [2.45, 2.75) is 6.92 Å². The quantitative estimate of drug-likeness (QED) is 0.415. The van der Waals surface area contributed by atoms with Gasteiger partial charge in [-0.05, 0) is 6.92 Å². The van der Waals surface area contributed by atoms with Crippen molar-refractivity contribution in [1.29, 1.82) is 0 Å². The molecule has 0 fully saturated rings. The molecule has 0 rings (SSSR count). The molecule has 0 amide bonds. The number of allylic oxidation sites excluding steroid dienone is 1. The molecule has 0 unspecified atom stereocenters. The van der Waals surface area contributed by atoms with Gasteiger partial charge in [-0.15, -0.1) is 0 Å². The van der Waals surface area contributed by atoms with E-state index >= 15 is 0 Å². The number of hydrogen-bond donors (Lipinski definition) is 2. The van der Waals surface area contributed by atoms with Gasteiger partial charge in [0.2, 0.25) is 0 Å². The summed E-state index contributed by atoms with van der Waals surface area (Å²) >= 11 is 0. The van der Waals surface area contributed by atoms with Crippen molar-refractivity contribution in [2.75, 3.05) is 0 Å². The lowest BCUT2D eigenvalue weighted by Crippen LogP contribution is -1.90. The maximum atomic E-state index is 9.96. The Kier molecular flexibility index (Phi) is 3.46. The molecule has 0 aromatic heterocycles. The largest absolute Gasteiger partial charge is 0.478 e. The Labute approximate surface area is 63.2 Å². The second kappa shape index (κ2) is 4.12. The minimum Gasteiger partial charge on any atom is -0.478 e. The van der Waals surface area contributed by atoms with E-state index in [0.717, 1.165) is 6.08 Å². The van der Waals surface area contributed by atoms with Crippen molar-refractivity contribution in [3.63, 3.8) is 0 Å². The van der Waals surface area contributed by atoms with Crippen molar-refractivity contribution >= 4 is 11.9 Å².